The third kappa shape index (κ3) is 2.35. The van der Waals surface area contributed by atoms with Gasteiger partial charge in [0.05, 0.1) is 6.61 Å². The highest BCUT2D eigenvalue weighted by atomic mass is 16.5. The van der Waals surface area contributed by atoms with Crippen LogP contribution >= 0.6 is 0 Å². The van der Waals surface area contributed by atoms with Crippen LogP contribution in [0.2, 0.25) is 0 Å². The Morgan fingerprint density at radius 3 is 2.26 bits per heavy atom. The van der Waals surface area contributed by atoms with Crippen molar-refractivity contribution in [3.63, 3.8) is 0 Å². The molecule has 4 fully saturated rings. The summed E-state index contributed by atoms with van der Waals surface area (Å²) in [5.74, 6) is 0.934. The Bertz CT molecular complexity index is 335. The first-order valence-electron chi connectivity index (χ1n) is 8.22. The van der Waals surface area contributed by atoms with Gasteiger partial charge < -0.3 is 10.5 Å². The lowest BCUT2D eigenvalue weighted by Crippen LogP contribution is -2.61. The highest BCUT2D eigenvalue weighted by molar-refractivity contribution is 5.13. The zero-order chi connectivity index (χ0) is 13.7. The molecule has 0 heterocycles. The summed E-state index contributed by atoms with van der Waals surface area (Å²) in [5, 5.41) is 0. The van der Waals surface area contributed by atoms with Crippen LogP contribution in [0.5, 0.6) is 0 Å². The van der Waals surface area contributed by atoms with Crippen LogP contribution in [0, 0.1) is 22.2 Å². The summed E-state index contributed by atoms with van der Waals surface area (Å²) < 4.78 is 5.77. The van der Waals surface area contributed by atoms with Crippen LogP contribution in [-0.2, 0) is 4.74 Å². The molecule has 4 saturated carbocycles. The van der Waals surface area contributed by atoms with Crippen LogP contribution in [0.1, 0.15) is 65.7 Å². The van der Waals surface area contributed by atoms with Crippen molar-refractivity contribution in [3.8, 4) is 0 Å². The number of rotatable bonds is 5. The fraction of sp³-hybridized carbons (Fsp3) is 1.00. The number of nitrogens with two attached hydrogens (primary N) is 1. The van der Waals surface area contributed by atoms with Gasteiger partial charge in [-0.25, -0.2) is 0 Å². The number of ether oxygens (including phenoxy) is 1. The highest BCUT2D eigenvalue weighted by Gasteiger charge is 2.61. The summed E-state index contributed by atoms with van der Waals surface area (Å²) in [4.78, 5) is 0. The maximum absolute atomic E-state index is 6.61. The standard InChI is InChI=1S/C17H31NO/c1-4-5-19-9-14(18)17-8-13-6-15(2,11-17)10-16(3,7-13)12-17/h13-14H,4-12,18H2,1-3H3. The molecule has 4 aliphatic carbocycles. The van der Waals surface area contributed by atoms with Crippen molar-refractivity contribution in [1.82, 2.24) is 0 Å². The fourth-order valence-electron chi connectivity index (χ4n) is 6.48. The van der Waals surface area contributed by atoms with E-state index in [1.165, 1.54) is 38.5 Å². The Hall–Kier alpha value is -0.0800. The molecule has 4 rings (SSSR count). The topological polar surface area (TPSA) is 35.2 Å². The Kier molecular flexibility index (Phi) is 3.26. The van der Waals surface area contributed by atoms with Crippen LogP contribution in [0.15, 0.2) is 0 Å². The summed E-state index contributed by atoms with van der Waals surface area (Å²) >= 11 is 0. The van der Waals surface area contributed by atoms with Crippen LogP contribution in [0.3, 0.4) is 0 Å². The molecule has 0 aromatic carbocycles. The van der Waals surface area contributed by atoms with E-state index in [-0.39, 0.29) is 6.04 Å². The lowest BCUT2D eigenvalue weighted by Gasteiger charge is -2.66. The van der Waals surface area contributed by atoms with E-state index in [2.05, 4.69) is 20.8 Å². The van der Waals surface area contributed by atoms with E-state index < -0.39 is 0 Å². The third-order valence-corrected chi connectivity index (χ3v) is 6.10. The molecule has 19 heavy (non-hydrogen) atoms. The molecule has 2 N–H and O–H groups in total. The molecular formula is C17H31NO. The second-order valence-corrected chi connectivity index (χ2v) is 8.67. The monoisotopic (exact) mass is 265 g/mol. The van der Waals surface area contributed by atoms with Gasteiger partial charge in [-0.1, -0.05) is 20.8 Å². The van der Waals surface area contributed by atoms with E-state index in [0.717, 1.165) is 25.6 Å². The molecule has 2 nitrogen and oxygen atoms in total. The quantitative estimate of drug-likeness (QED) is 0.769. The predicted octanol–water partition coefficient (Wildman–Crippen LogP) is 3.74. The Morgan fingerprint density at radius 1 is 1.11 bits per heavy atom. The second kappa shape index (κ2) is 4.46. The molecule has 2 heteroatoms. The van der Waals surface area contributed by atoms with Gasteiger partial charge >= 0.3 is 0 Å². The van der Waals surface area contributed by atoms with E-state index in [9.17, 15) is 0 Å². The van der Waals surface area contributed by atoms with Gasteiger partial charge in [-0.2, -0.15) is 0 Å². The van der Waals surface area contributed by atoms with E-state index in [0.29, 0.717) is 16.2 Å². The maximum atomic E-state index is 6.61. The largest absolute Gasteiger partial charge is 0.380 e. The van der Waals surface area contributed by atoms with Crippen LogP contribution in [0.4, 0.5) is 0 Å². The summed E-state index contributed by atoms with van der Waals surface area (Å²) in [5.41, 5.74) is 8.12. The first-order chi connectivity index (χ1) is 8.89. The lowest BCUT2D eigenvalue weighted by atomic mass is 9.39. The van der Waals surface area contributed by atoms with Gasteiger partial charge in [-0.3, -0.25) is 0 Å². The zero-order valence-corrected chi connectivity index (χ0v) is 13.0. The Balaban J connectivity index is 1.76. The minimum Gasteiger partial charge on any atom is -0.380 e. The van der Waals surface area contributed by atoms with Crippen molar-refractivity contribution >= 4 is 0 Å². The SMILES string of the molecule is CCCOCC(N)C12CC3CC(C)(CC(C)(C3)C1)C2. The summed E-state index contributed by atoms with van der Waals surface area (Å²) in [6, 6.07) is 0.251. The molecule has 0 aliphatic heterocycles. The van der Waals surface area contributed by atoms with Gasteiger partial charge in [-0.15, -0.1) is 0 Å². The third-order valence-electron chi connectivity index (χ3n) is 6.10. The molecule has 4 aliphatic rings. The molecule has 0 amide bonds. The number of hydrogen-bond acceptors (Lipinski definition) is 2. The predicted molar refractivity (Wildman–Crippen MR) is 78.9 cm³/mol. The average molecular weight is 265 g/mol. The molecule has 4 bridgehead atoms. The van der Waals surface area contributed by atoms with Crippen molar-refractivity contribution in [1.29, 1.82) is 0 Å². The highest BCUT2D eigenvalue weighted by Crippen LogP contribution is 2.70. The van der Waals surface area contributed by atoms with Gasteiger partial charge in [0.1, 0.15) is 0 Å². The van der Waals surface area contributed by atoms with Gasteiger partial charge in [0.15, 0.2) is 0 Å². The summed E-state index contributed by atoms with van der Waals surface area (Å²) in [6.45, 7) is 8.83. The van der Waals surface area contributed by atoms with Crippen molar-refractivity contribution in [2.75, 3.05) is 13.2 Å². The van der Waals surface area contributed by atoms with Gasteiger partial charge in [0, 0.05) is 12.6 Å². The van der Waals surface area contributed by atoms with Crippen LogP contribution in [0.25, 0.3) is 0 Å². The maximum Gasteiger partial charge on any atom is 0.0622 e. The smallest absolute Gasteiger partial charge is 0.0622 e. The molecule has 0 radical (unpaired) electrons. The Labute approximate surface area is 118 Å². The molecule has 0 aromatic heterocycles. The fourth-order valence-corrected chi connectivity index (χ4v) is 6.48. The molecule has 110 valence electrons. The summed E-state index contributed by atoms with van der Waals surface area (Å²) in [7, 11) is 0. The first kappa shape index (κ1) is 13.9. The molecular weight excluding hydrogens is 234 g/mol. The van der Waals surface area contributed by atoms with Crippen molar-refractivity contribution < 1.29 is 4.74 Å². The van der Waals surface area contributed by atoms with E-state index in [4.69, 9.17) is 10.5 Å². The normalized spacial score (nSPS) is 49.6. The van der Waals surface area contributed by atoms with Gasteiger partial charge in [0.2, 0.25) is 0 Å². The van der Waals surface area contributed by atoms with Gasteiger partial charge in [0.25, 0.3) is 0 Å². The van der Waals surface area contributed by atoms with Crippen LogP contribution < -0.4 is 5.73 Å². The molecule has 0 saturated heterocycles. The average Bonchev–Trinajstić information content (AvgIpc) is 2.24. The van der Waals surface area contributed by atoms with Gasteiger partial charge in [-0.05, 0) is 67.1 Å². The van der Waals surface area contributed by atoms with E-state index in [1.807, 2.05) is 0 Å². The van der Waals surface area contributed by atoms with E-state index in [1.54, 1.807) is 0 Å². The zero-order valence-electron chi connectivity index (χ0n) is 13.0. The second-order valence-electron chi connectivity index (χ2n) is 8.67. The minimum atomic E-state index is 0.251. The van der Waals surface area contributed by atoms with E-state index >= 15 is 0 Å². The van der Waals surface area contributed by atoms with Crippen LogP contribution in [-0.4, -0.2) is 19.3 Å². The molecule has 3 unspecified atom stereocenters. The molecule has 0 aromatic rings. The molecule has 3 atom stereocenters. The van der Waals surface area contributed by atoms with Crippen molar-refractivity contribution in [2.45, 2.75) is 71.8 Å². The number of hydrogen-bond donors (Lipinski definition) is 1. The Morgan fingerprint density at radius 2 is 1.74 bits per heavy atom. The first-order valence-corrected chi connectivity index (χ1v) is 8.22. The summed E-state index contributed by atoms with van der Waals surface area (Å²) in [6.07, 6.45) is 9.50. The lowest BCUT2D eigenvalue weighted by molar-refractivity contribution is -0.159. The van der Waals surface area contributed by atoms with Crippen molar-refractivity contribution in [2.24, 2.45) is 27.9 Å². The van der Waals surface area contributed by atoms with Crippen molar-refractivity contribution in [3.05, 3.63) is 0 Å². The molecule has 0 spiro atoms. The minimum absolute atomic E-state index is 0.251.